The lowest BCUT2D eigenvalue weighted by Crippen LogP contribution is -2.11. The first-order chi connectivity index (χ1) is 13.5. The summed E-state index contributed by atoms with van der Waals surface area (Å²) in [5.74, 6) is 0.180. The number of amides is 1. The van der Waals surface area contributed by atoms with Crippen molar-refractivity contribution in [3.05, 3.63) is 89.7 Å². The molecule has 0 spiro atoms. The monoisotopic (exact) mass is 395 g/mol. The lowest BCUT2D eigenvalue weighted by Gasteiger charge is -2.08. The van der Waals surface area contributed by atoms with Crippen molar-refractivity contribution in [3.8, 4) is 5.75 Å². The summed E-state index contributed by atoms with van der Waals surface area (Å²) in [6, 6.07) is 19.6. The van der Waals surface area contributed by atoms with Gasteiger partial charge in [-0.15, -0.1) is 11.8 Å². The third kappa shape index (κ3) is 5.20. The van der Waals surface area contributed by atoms with E-state index < -0.39 is 5.82 Å². The van der Waals surface area contributed by atoms with E-state index >= 15 is 0 Å². The zero-order valence-corrected chi connectivity index (χ0v) is 16.0. The quantitative estimate of drug-likeness (QED) is 0.449. The highest BCUT2D eigenvalue weighted by Crippen LogP contribution is 2.24. The molecule has 0 heterocycles. The molecule has 142 valence electrons. The fraction of sp³-hybridized carbons (Fsp3) is 0.0909. The zero-order valence-electron chi connectivity index (χ0n) is 15.1. The molecule has 1 N–H and O–H groups in total. The second kappa shape index (κ2) is 9.19. The molecule has 4 nitrogen and oxygen atoms in total. The number of carbonyl (C=O) groups excluding carboxylic acids is 2. The van der Waals surface area contributed by atoms with Crippen LogP contribution in [0.5, 0.6) is 5.75 Å². The number of thioether (sulfide) groups is 1. The number of rotatable bonds is 7. The number of hydrogen-bond donors (Lipinski definition) is 1. The minimum Gasteiger partial charge on any atom is -0.497 e. The maximum absolute atomic E-state index is 13.0. The van der Waals surface area contributed by atoms with Crippen LogP contribution in [0.4, 0.5) is 10.1 Å². The standard InChI is InChI=1S/C22H18FNO3S/c1-27-19-6-2-4-16(12-19)21(25)14-28-20-7-3-5-18(13-20)24-22(26)15-8-10-17(23)11-9-15/h2-13H,14H2,1H3,(H,24,26). The predicted octanol–water partition coefficient (Wildman–Crippen LogP) is 5.06. The smallest absolute Gasteiger partial charge is 0.255 e. The van der Waals surface area contributed by atoms with Gasteiger partial charge in [0.05, 0.1) is 12.9 Å². The van der Waals surface area contributed by atoms with Gasteiger partial charge in [-0.05, 0) is 54.6 Å². The van der Waals surface area contributed by atoms with E-state index in [1.807, 2.05) is 6.07 Å². The second-order valence-corrected chi connectivity index (χ2v) is 6.98. The highest BCUT2D eigenvalue weighted by molar-refractivity contribution is 8.00. The molecule has 1 amide bonds. The van der Waals surface area contributed by atoms with E-state index in [2.05, 4.69) is 5.32 Å². The number of nitrogens with one attached hydrogen (secondary N) is 1. The Hall–Kier alpha value is -3.12. The average Bonchev–Trinajstić information content (AvgIpc) is 2.72. The van der Waals surface area contributed by atoms with Crippen molar-refractivity contribution in [3.63, 3.8) is 0 Å². The van der Waals surface area contributed by atoms with Gasteiger partial charge in [-0.3, -0.25) is 9.59 Å². The van der Waals surface area contributed by atoms with Crippen LogP contribution in [0.3, 0.4) is 0 Å². The number of ketones is 1. The number of ether oxygens (including phenoxy) is 1. The average molecular weight is 395 g/mol. The summed E-state index contributed by atoms with van der Waals surface area (Å²) in [5.41, 5.74) is 1.56. The lowest BCUT2D eigenvalue weighted by molar-refractivity contribution is 0.101. The highest BCUT2D eigenvalue weighted by atomic mass is 32.2. The van der Waals surface area contributed by atoms with E-state index in [-0.39, 0.29) is 17.4 Å². The molecule has 0 atom stereocenters. The Kier molecular flexibility index (Phi) is 6.45. The van der Waals surface area contributed by atoms with Crippen molar-refractivity contribution in [2.75, 3.05) is 18.2 Å². The van der Waals surface area contributed by atoms with Crippen LogP contribution in [0.25, 0.3) is 0 Å². The van der Waals surface area contributed by atoms with Crippen molar-refractivity contribution in [1.82, 2.24) is 0 Å². The van der Waals surface area contributed by atoms with Gasteiger partial charge in [0.1, 0.15) is 11.6 Å². The molecule has 0 unspecified atom stereocenters. The molecule has 0 bridgehead atoms. The van der Waals surface area contributed by atoms with Crippen LogP contribution in [0.15, 0.2) is 77.7 Å². The van der Waals surface area contributed by atoms with Crippen molar-refractivity contribution in [2.24, 2.45) is 0 Å². The predicted molar refractivity (Wildman–Crippen MR) is 109 cm³/mol. The van der Waals surface area contributed by atoms with Crippen molar-refractivity contribution in [2.45, 2.75) is 4.90 Å². The van der Waals surface area contributed by atoms with E-state index in [0.29, 0.717) is 22.6 Å². The van der Waals surface area contributed by atoms with E-state index in [9.17, 15) is 14.0 Å². The molecule has 6 heteroatoms. The molecular formula is C22H18FNO3S. The van der Waals surface area contributed by atoms with Crippen molar-refractivity contribution in [1.29, 1.82) is 0 Å². The number of halogens is 1. The molecule has 0 saturated heterocycles. The molecule has 0 fully saturated rings. The maximum atomic E-state index is 13.0. The van der Waals surface area contributed by atoms with Gasteiger partial charge in [0.2, 0.25) is 0 Å². The topological polar surface area (TPSA) is 55.4 Å². The van der Waals surface area contributed by atoms with Crippen LogP contribution in [0.2, 0.25) is 0 Å². The number of anilines is 1. The zero-order chi connectivity index (χ0) is 19.9. The van der Waals surface area contributed by atoms with Crippen molar-refractivity contribution < 1.29 is 18.7 Å². The maximum Gasteiger partial charge on any atom is 0.255 e. The summed E-state index contributed by atoms with van der Waals surface area (Å²) in [7, 11) is 1.56. The summed E-state index contributed by atoms with van der Waals surface area (Å²) < 4.78 is 18.1. The molecule has 0 aliphatic carbocycles. The van der Waals surface area contributed by atoms with Crippen LogP contribution in [-0.4, -0.2) is 24.6 Å². The molecular weight excluding hydrogens is 377 g/mol. The summed E-state index contributed by atoms with van der Waals surface area (Å²) in [5, 5.41) is 2.78. The first kappa shape index (κ1) is 19.6. The first-order valence-electron chi connectivity index (χ1n) is 8.52. The Morgan fingerprint density at radius 2 is 1.71 bits per heavy atom. The minimum atomic E-state index is -0.393. The lowest BCUT2D eigenvalue weighted by atomic mass is 10.1. The summed E-state index contributed by atoms with van der Waals surface area (Å²) in [6.45, 7) is 0. The molecule has 3 rings (SSSR count). The Bertz CT molecular complexity index is 989. The Labute approximate surface area is 166 Å². The molecule has 0 aliphatic heterocycles. The molecule has 0 saturated carbocycles. The van der Waals surface area contributed by atoms with E-state index in [4.69, 9.17) is 4.74 Å². The Morgan fingerprint density at radius 1 is 0.964 bits per heavy atom. The number of carbonyl (C=O) groups is 2. The van der Waals surface area contributed by atoms with E-state index in [1.54, 1.807) is 49.6 Å². The van der Waals surface area contributed by atoms with Crippen LogP contribution in [0.1, 0.15) is 20.7 Å². The number of hydrogen-bond acceptors (Lipinski definition) is 4. The normalized spacial score (nSPS) is 10.4. The Morgan fingerprint density at radius 3 is 2.46 bits per heavy atom. The molecule has 0 aromatic heterocycles. The van der Waals surface area contributed by atoms with Gasteiger partial charge in [0.25, 0.3) is 5.91 Å². The number of benzene rings is 3. The third-order valence-electron chi connectivity index (χ3n) is 3.96. The molecule has 3 aromatic rings. The van der Waals surface area contributed by atoms with Crippen molar-refractivity contribution >= 4 is 29.1 Å². The van der Waals surface area contributed by atoms with Crippen LogP contribution in [-0.2, 0) is 0 Å². The van der Waals surface area contributed by atoms with Gasteiger partial charge in [-0.25, -0.2) is 4.39 Å². The van der Waals surface area contributed by atoms with Crippen LogP contribution >= 0.6 is 11.8 Å². The third-order valence-corrected chi connectivity index (χ3v) is 4.95. The van der Waals surface area contributed by atoms with E-state index in [1.165, 1.54) is 36.0 Å². The van der Waals surface area contributed by atoms with Crippen LogP contribution in [0, 0.1) is 5.82 Å². The largest absolute Gasteiger partial charge is 0.497 e. The molecule has 0 aliphatic rings. The summed E-state index contributed by atoms with van der Waals surface area (Å²) in [6.07, 6.45) is 0. The van der Waals surface area contributed by atoms with Crippen LogP contribution < -0.4 is 10.1 Å². The SMILES string of the molecule is COc1cccc(C(=O)CSc2cccc(NC(=O)c3ccc(F)cc3)c2)c1. The molecule has 28 heavy (non-hydrogen) atoms. The van der Waals surface area contributed by atoms with Gasteiger partial charge in [-0.2, -0.15) is 0 Å². The highest BCUT2D eigenvalue weighted by Gasteiger charge is 2.10. The van der Waals surface area contributed by atoms with E-state index in [0.717, 1.165) is 4.90 Å². The fourth-order valence-electron chi connectivity index (χ4n) is 2.50. The van der Waals surface area contributed by atoms with Gasteiger partial charge in [0.15, 0.2) is 5.78 Å². The molecule has 3 aromatic carbocycles. The number of methoxy groups -OCH3 is 1. The summed E-state index contributed by atoms with van der Waals surface area (Å²) >= 11 is 1.38. The second-order valence-electron chi connectivity index (χ2n) is 5.93. The first-order valence-corrected chi connectivity index (χ1v) is 9.51. The number of Topliss-reactive ketones (excluding diaryl/α,β-unsaturated/α-hetero) is 1. The van der Waals surface area contributed by atoms with Gasteiger partial charge < -0.3 is 10.1 Å². The van der Waals surface area contributed by atoms with Gasteiger partial charge in [0, 0.05) is 21.7 Å². The van der Waals surface area contributed by atoms with Gasteiger partial charge in [-0.1, -0.05) is 18.2 Å². The van der Waals surface area contributed by atoms with Gasteiger partial charge >= 0.3 is 0 Å². The minimum absolute atomic E-state index is 0.00958. The Balaban J connectivity index is 1.62. The fourth-order valence-corrected chi connectivity index (χ4v) is 3.35. The summed E-state index contributed by atoms with van der Waals surface area (Å²) in [4.78, 5) is 25.5. The molecule has 0 radical (unpaired) electrons.